The topological polar surface area (TPSA) is 35.5 Å². The maximum Gasteiger partial charge on any atom is 0.157 e. The number of carbonyl (C=O) groups is 1. The number of hydrogen-bond donors (Lipinski definition) is 0. The predicted octanol–water partition coefficient (Wildman–Crippen LogP) is 4.44. The Morgan fingerprint density at radius 3 is 2.33 bits per heavy atom. The van der Waals surface area contributed by atoms with E-state index in [-0.39, 0.29) is 12.2 Å². The van der Waals surface area contributed by atoms with Crippen LogP contribution >= 0.6 is 0 Å². The van der Waals surface area contributed by atoms with E-state index >= 15 is 0 Å². The molecule has 0 radical (unpaired) electrons. The Morgan fingerprint density at radius 2 is 1.71 bits per heavy atom. The molecule has 3 heteroatoms. The van der Waals surface area contributed by atoms with E-state index in [2.05, 4.69) is 20.8 Å². The van der Waals surface area contributed by atoms with Gasteiger partial charge in [-0.3, -0.25) is 0 Å². The van der Waals surface area contributed by atoms with Crippen LogP contribution in [-0.2, 0) is 14.3 Å². The number of aldehydes is 1. The number of ether oxygens (including phenoxy) is 2. The summed E-state index contributed by atoms with van der Waals surface area (Å²) in [4.78, 5) is 10.7. The molecule has 124 valence electrons. The summed E-state index contributed by atoms with van der Waals surface area (Å²) in [6, 6.07) is 0. The molecule has 1 heterocycles. The number of rotatable bonds is 10. The molecule has 5 atom stereocenters. The molecule has 3 nitrogen and oxygen atoms in total. The fourth-order valence-corrected chi connectivity index (χ4v) is 3.44. The zero-order chi connectivity index (χ0) is 15.7. The van der Waals surface area contributed by atoms with Gasteiger partial charge in [0.2, 0.25) is 0 Å². The van der Waals surface area contributed by atoms with E-state index in [0.29, 0.717) is 17.8 Å². The minimum Gasteiger partial charge on any atom is -0.353 e. The fraction of sp³-hybridized carbons (Fsp3) is 0.944. The molecule has 1 aliphatic heterocycles. The van der Waals surface area contributed by atoms with Crippen molar-refractivity contribution in [3.63, 3.8) is 0 Å². The first-order valence-electron chi connectivity index (χ1n) is 8.69. The third-order valence-corrected chi connectivity index (χ3v) is 4.32. The monoisotopic (exact) mass is 298 g/mol. The Kier molecular flexibility index (Phi) is 9.18. The standard InChI is InChI=1S/C18H34O3/c1-14(10-16(3)12-19)9-15(2)11-17(4)13-21-18-7-5-6-8-20-18/h12,14-18H,5-11,13H2,1-4H3/t14-,15+,16-,17-,18?/m0/s1. The van der Waals surface area contributed by atoms with Gasteiger partial charge >= 0.3 is 0 Å². The highest BCUT2D eigenvalue weighted by atomic mass is 16.7. The molecule has 0 aromatic rings. The summed E-state index contributed by atoms with van der Waals surface area (Å²) in [5.41, 5.74) is 0. The van der Waals surface area contributed by atoms with Crippen LogP contribution in [0.3, 0.4) is 0 Å². The van der Waals surface area contributed by atoms with E-state index in [4.69, 9.17) is 9.47 Å². The lowest BCUT2D eigenvalue weighted by atomic mass is 9.86. The smallest absolute Gasteiger partial charge is 0.157 e. The normalized spacial score (nSPS) is 25.0. The highest BCUT2D eigenvalue weighted by Crippen LogP contribution is 2.24. The van der Waals surface area contributed by atoms with Crippen molar-refractivity contribution in [1.29, 1.82) is 0 Å². The molecule has 0 spiro atoms. The van der Waals surface area contributed by atoms with Gasteiger partial charge in [-0.25, -0.2) is 0 Å². The largest absolute Gasteiger partial charge is 0.353 e. The zero-order valence-electron chi connectivity index (χ0n) is 14.3. The summed E-state index contributed by atoms with van der Waals surface area (Å²) in [7, 11) is 0. The van der Waals surface area contributed by atoms with Gasteiger partial charge in [0.25, 0.3) is 0 Å². The van der Waals surface area contributed by atoms with Crippen LogP contribution in [0.4, 0.5) is 0 Å². The van der Waals surface area contributed by atoms with Crippen molar-refractivity contribution in [2.24, 2.45) is 23.7 Å². The Hall–Kier alpha value is -0.410. The van der Waals surface area contributed by atoms with Gasteiger partial charge in [-0.05, 0) is 56.3 Å². The average Bonchev–Trinajstić information content (AvgIpc) is 2.45. The molecule has 0 aromatic heterocycles. The van der Waals surface area contributed by atoms with Gasteiger partial charge in [-0.1, -0.05) is 27.7 Å². The van der Waals surface area contributed by atoms with Crippen molar-refractivity contribution in [1.82, 2.24) is 0 Å². The van der Waals surface area contributed by atoms with Crippen LogP contribution in [0.2, 0.25) is 0 Å². The van der Waals surface area contributed by atoms with Gasteiger partial charge in [0, 0.05) is 12.5 Å². The lowest BCUT2D eigenvalue weighted by Gasteiger charge is -2.26. The molecule has 0 bridgehead atoms. The highest BCUT2D eigenvalue weighted by Gasteiger charge is 2.18. The molecule has 1 unspecified atom stereocenters. The first-order valence-corrected chi connectivity index (χ1v) is 8.69. The van der Waals surface area contributed by atoms with Gasteiger partial charge in [-0.15, -0.1) is 0 Å². The molecule has 21 heavy (non-hydrogen) atoms. The van der Waals surface area contributed by atoms with Crippen LogP contribution < -0.4 is 0 Å². The molecule has 0 amide bonds. The van der Waals surface area contributed by atoms with Crippen LogP contribution in [0.25, 0.3) is 0 Å². The highest BCUT2D eigenvalue weighted by molar-refractivity contribution is 5.52. The van der Waals surface area contributed by atoms with E-state index in [1.807, 2.05) is 6.92 Å². The van der Waals surface area contributed by atoms with E-state index in [0.717, 1.165) is 32.3 Å². The third-order valence-electron chi connectivity index (χ3n) is 4.32. The Morgan fingerprint density at radius 1 is 1.05 bits per heavy atom. The lowest BCUT2D eigenvalue weighted by molar-refractivity contribution is -0.168. The second kappa shape index (κ2) is 10.3. The summed E-state index contributed by atoms with van der Waals surface area (Å²) >= 11 is 0. The average molecular weight is 298 g/mol. The Labute approximate surface area is 130 Å². The molecule has 1 fully saturated rings. The third kappa shape index (κ3) is 8.57. The lowest BCUT2D eigenvalue weighted by Crippen LogP contribution is -2.25. The van der Waals surface area contributed by atoms with Crippen molar-refractivity contribution < 1.29 is 14.3 Å². The van der Waals surface area contributed by atoms with Gasteiger partial charge in [0.1, 0.15) is 6.29 Å². The van der Waals surface area contributed by atoms with Crippen molar-refractivity contribution in [2.45, 2.75) is 72.5 Å². The van der Waals surface area contributed by atoms with Crippen LogP contribution in [-0.4, -0.2) is 25.8 Å². The Bertz CT molecular complexity index is 274. The minimum absolute atomic E-state index is 0.0314. The van der Waals surface area contributed by atoms with Gasteiger partial charge in [0.05, 0.1) is 6.61 Å². The van der Waals surface area contributed by atoms with E-state index in [9.17, 15) is 4.79 Å². The first-order chi connectivity index (χ1) is 10.0. The van der Waals surface area contributed by atoms with E-state index < -0.39 is 0 Å². The maximum absolute atomic E-state index is 10.7. The summed E-state index contributed by atoms with van der Waals surface area (Å²) in [5, 5.41) is 0. The summed E-state index contributed by atoms with van der Waals surface area (Å²) in [6.07, 6.45) is 7.93. The first kappa shape index (κ1) is 18.6. The second-order valence-corrected chi connectivity index (χ2v) is 7.27. The van der Waals surface area contributed by atoms with E-state index in [1.165, 1.54) is 25.7 Å². The van der Waals surface area contributed by atoms with Crippen LogP contribution in [0.1, 0.15) is 66.2 Å². The quantitative estimate of drug-likeness (QED) is 0.559. The molecule has 0 saturated carbocycles. The van der Waals surface area contributed by atoms with Crippen molar-refractivity contribution >= 4 is 6.29 Å². The second-order valence-electron chi connectivity index (χ2n) is 7.27. The summed E-state index contributed by atoms with van der Waals surface area (Å²) in [5.74, 6) is 2.07. The van der Waals surface area contributed by atoms with Crippen molar-refractivity contribution in [3.8, 4) is 0 Å². The maximum atomic E-state index is 10.7. The molecule has 0 aromatic carbocycles. The van der Waals surface area contributed by atoms with Crippen LogP contribution in [0, 0.1) is 23.7 Å². The van der Waals surface area contributed by atoms with Gasteiger partial charge in [-0.2, -0.15) is 0 Å². The molecular weight excluding hydrogens is 264 g/mol. The Balaban J connectivity index is 2.14. The molecule has 0 N–H and O–H groups in total. The van der Waals surface area contributed by atoms with Crippen molar-refractivity contribution in [2.75, 3.05) is 13.2 Å². The minimum atomic E-state index is 0.0314. The van der Waals surface area contributed by atoms with Crippen molar-refractivity contribution in [3.05, 3.63) is 0 Å². The van der Waals surface area contributed by atoms with Gasteiger partial charge < -0.3 is 14.3 Å². The van der Waals surface area contributed by atoms with Gasteiger partial charge in [0.15, 0.2) is 6.29 Å². The van der Waals surface area contributed by atoms with E-state index in [1.54, 1.807) is 0 Å². The number of carbonyl (C=O) groups excluding carboxylic acids is 1. The van der Waals surface area contributed by atoms with Crippen LogP contribution in [0.15, 0.2) is 0 Å². The molecule has 0 aliphatic carbocycles. The predicted molar refractivity (Wildman–Crippen MR) is 86.1 cm³/mol. The van der Waals surface area contributed by atoms with Crippen LogP contribution in [0.5, 0.6) is 0 Å². The summed E-state index contributed by atoms with van der Waals surface area (Å²) in [6.45, 7) is 10.5. The SMILES string of the molecule is C[C@@H](C[C@H](C)COC1CCCCO1)C[C@H](C)C[C@H](C)C=O. The number of hydrogen-bond acceptors (Lipinski definition) is 3. The molecule has 1 saturated heterocycles. The zero-order valence-corrected chi connectivity index (χ0v) is 14.3. The molecular formula is C18H34O3. The fourth-order valence-electron chi connectivity index (χ4n) is 3.44. The molecule has 1 rings (SSSR count). The summed E-state index contributed by atoms with van der Waals surface area (Å²) < 4.78 is 11.5. The molecule has 1 aliphatic rings.